The van der Waals surface area contributed by atoms with Gasteiger partial charge in [0.25, 0.3) is 0 Å². The Labute approximate surface area is 115 Å². The summed E-state index contributed by atoms with van der Waals surface area (Å²) in [5.74, 6) is 1.52. The number of benzene rings is 1. The zero-order chi connectivity index (χ0) is 13.9. The fraction of sp³-hybridized carbons (Fsp3) is 0.143. The van der Waals surface area contributed by atoms with Crippen molar-refractivity contribution in [3.05, 3.63) is 48.4 Å². The van der Waals surface area contributed by atoms with E-state index in [4.69, 9.17) is 14.6 Å². The third kappa shape index (κ3) is 2.17. The van der Waals surface area contributed by atoms with Gasteiger partial charge in [-0.05, 0) is 23.8 Å². The minimum atomic E-state index is -0.0485. The van der Waals surface area contributed by atoms with E-state index in [0.717, 1.165) is 11.1 Å². The zero-order valence-electron chi connectivity index (χ0n) is 10.9. The fourth-order valence-electron chi connectivity index (χ4n) is 1.91. The number of aliphatic hydroxyl groups is 1. The van der Waals surface area contributed by atoms with Crippen molar-refractivity contribution in [2.75, 3.05) is 7.11 Å². The monoisotopic (exact) mass is 271 g/mol. The molecule has 1 aromatic carbocycles. The second-order valence-corrected chi connectivity index (χ2v) is 4.14. The quantitative estimate of drug-likeness (QED) is 0.786. The van der Waals surface area contributed by atoms with Gasteiger partial charge in [-0.1, -0.05) is 6.07 Å². The van der Waals surface area contributed by atoms with Gasteiger partial charge >= 0.3 is 0 Å². The molecule has 3 aromatic rings. The SMILES string of the molecule is COc1cc(CO)ccc1Oc1nccn2nccc12. The van der Waals surface area contributed by atoms with E-state index in [9.17, 15) is 0 Å². The van der Waals surface area contributed by atoms with Gasteiger partial charge in [0.05, 0.1) is 19.9 Å². The van der Waals surface area contributed by atoms with Crippen molar-refractivity contribution < 1.29 is 14.6 Å². The second-order valence-electron chi connectivity index (χ2n) is 4.14. The average molecular weight is 271 g/mol. The van der Waals surface area contributed by atoms with Crippen LogP contribution in [0.15, 0.2) is 42.9 Å². The van der Waals surface area contributed by atoms with Crippen LogP contribution in [-0.2, 0) is 6.61 Å². The number of hydrogen-bond donors (Lipinski definition) is 1. The average Bonchev–Trinajstić information content (AvgIpc) is 2.97. The Bertz CT molecular complexity index is 739. The van der Waals surface area contributed by atoms with E-state index in [0.29, 0.717) is 17.4 Å². The first-order chi connectivity index (χ1) is 9.81. The summed E-state index contributed by atoms with van der Waals surface area (Å²) in [5, 5.41) is 13.3. The van der Waals surface area contributed by atoms with Crippen LogP contribution in [-0.4, -0.2) is 26.8 Å². The number of nitrogens with zero attached hydrogens (tertiary/aromatic N) is 3. The summed E-state index contributed by atoms with van der Waals surface area (Å²) in [5.41, 5.74) is 1.52. The Hall–Kier alpha value is -2.60. The molecule has 0 aliphatic carbocycles. The highest BCUT2D eigenvalue weighted by Crippen LogP contribution is 2.32. The lowest BCUT2D eigenvalue weighted by Crippen LogP contribution is -1.96. The Kier molecular flexibility index (Phi) is 3.22. The van der Waals surface area contributed by atoms with Crippen molar-refractivity contribution in [3.63, 3.8) is 0 Å². The normalized spacial score (nSPS) is 10.7. The molecule has 0 radical (unpaired) electrons. The molecule has 2 heterocycles. The van der Waals surface area contributed by atoms with E-state index in [2.05, 4.69) is 10.1 Å². The first-order valence-corrected chi connectivity index (χ1v) is 6.06. The molecular formula is C14H13N3O3. The van der Waals surface area contributed by atoms with Crippen LogP contribution in [0.2, 0.25) is 0 Å². The molecule has 6 heteroatoms. The Morgan fingerprint density at radius 1 is 1.20 bits per heavy atom. The number of ether oxygens (including phenoxy) is 2. The fourth-order valence-corrected chi connectivity index (χ4v) is 1.91. The van der Waals surface area contributed by atoms with Crippen LogP contribution in [0.3, 0.4) is 0 Å². The Morgan fingerprint density at radius 2 is 2.10 bits per heavy atom. The van der Waals surface area contributed by atoms with Crippen LogP contribution in [0.5, 0.6) is 17.4 Å². The molecule has 6 nitrogen and oxygen atoms in total. The molecule has 102 valence electrons. The van der Waals surface area contributed by atoms with Crippen LogP contribution in [0, 0.1) is 0 Å². The highest BCUT2D eigenvalue weighted by Gasteiger charge is 2.10. The Morgan fingerprint density at radius 3 is 2.90 bits per heavy atom. The molecule has 0 spiro atoms. The predicted octanol–water partition coefficient (Wildman–Crippen LogP) is 2.02. The molecule has 0 aliphatic rings. The maximum Gasteiger partial charge on any atom is 0.245 e. The molecule has 20 heavy (non-hydrogen) atoms. The van der Waals surface area contributed by atoms with Crippen LogP contribution in [0.1, 0.15) is 5.56 Å². The maximum absolute atomic E-state index is 9.13. The standard InChI is InChI=1S/C14H13N3O3/c1-19-13-8-10(9-18)2-3-12(13)20-14-11-4-5-16-17(11)7-6-15-14/h2-8,18H,9H2,1H3. The summed E-state index contributed by atoms with van der Waals surface area (Å²) >= 11 is 0. The molecule has 0 unspecified atom stereocenters. The van der Waals surface area contributed by atoms with E-state index in [1.54, 1.807) is 48.4 Å². The van der Waals surface area contributed by atoms with Gasteiger partial charge in [0, 0.05) is 12.4 Å². The maximum atomic E-state index is 9.13. The van der Waals surface area contributed by atoms with E-state index in [-0.39, 0.29) is 6.61 Å². The number of aromatic nitrogens is 3. The van der Waals surface area contributed by atoms with E-state index >= 15 is 0 Å². The van der Waals surface area contributed by atoms with Gasteiger partial charge in [0.2, 0.25) is 5.88 Å². The first kappa shape index (κ1) is 12.4. The molecule has 1 N–H and O–H groups in total. The highest BCUT2D eigenvalue weighted by atomic mass is 16.5. The summed E-state index contributed by atoms with van der Waals surface area (Å²) in [6, 6.07) is 7.06. The molecule has 0 bridgehead atoms. The number of methoxy groups -OCH3 is 1. The topological polar surface area (TPSA) is 68.9 Å². The first-order valence-electron chi connectivity index (χ1n) is 6.06. The lowest BCUT2D eigenvalue weighted by atomic mass is 10.2. The zero-order valence-corrected chi connectivity index (χ0v) is 10.9. The molecule has 0 atom stereocenters. The molecule has 0 aliphatic heterocycles. The number of rotatable bonds is 4. The molecule has 0 fully saturated rings. The smallest absolute Gasteiger partial charge is 0.245 e. The largest absolute Gasteiger partial charge is 0.493 e. The lowest BCUT2D eigenvalue weighted by Gasteiger charge is -2.11. The van der Waals surface area contributed by atoms with Crippen molar-refractivity contribution in [1.82, 2.24) is 14.6 Å². The van der Waals surface area contributed by atoms with Crippen LogP contribution < -0.4 is 9.47 Å². The third-order valence-corrected chi connectivity index (χ3v) is 2.91. The van der Waals surface area contributed by atoms with Crippen molar-refractivity contribution >= 4 is 5.52 Å². The van der Waals surface area contributed by atoms with Crippen molar-refractivity contribution in [2.24, 2.45) is 0 Å². The summed E-state index contributed by atoms with van der Waals surface area (Å²) in [6.07, 6.45) is 5.04. The Balaban J connectivity index is 2.00. The van der Waals surface area contributed by atoms with Crippen molar-refractivity contribution in [2.45, 2.75) is 6.61 Å². The van der Waals surface area contributed by atoms with E-state index in [1.807, 2.05) is 6.07 Å². The lowest BCUT2D eigenvalue weighted by molar-refractivity contribution is 0.280. The molecular weight excluding hydrogens is 258 g/mol. The molecule has 2 aromatic heterocycles. The molecule has 0 saturated carbocycles. The summed E-state index contributed by atoms with van der Waals surface area (Å²) < 4.78 is 12.7. The number of aliphatic hydroxyl groups excluding tert-OH is 1. The molecule has 0 saturated heterocycles. The minimum absolute atomic E-state index is 0.0485. The van der Waals surface area contributed by atoms with Crippen LogP contribution in [0.25, 0.3) is 5.52 Å². The minimum Gasteiger partial charge on any atom is -0.493 e. The van der Waals surface area contributed by atoms with Gasteiger partial charge in [0.15, 0.2) is 11.5 Å². The number of hydrogen-bond acceptors (Lipinski definition) is 5. The molecule has 3 rings (SSSR count). The van der Waals surface area contributed by atoms with Gasteiger partial charge < -0.3 is 14.6 Å². The highest BCUT2D eigenvalue weighted by molar-refractivity contribution is 5.57. The van der Waals surface area contributed by atoms with Crippen molar-refractivity contribution in [1.29, 1.82) is 0 Å². The summed E-state index contributed by atoms with van der Waals surface area (Å²) in [6.45, 7) is -0.0485. The van der Waals surface area contributed by atoms with Crippen molar-refractivity contribution in [3.8, 4) is 17.4 Å². The van der Waals surface area contributed by atoms with Gasteiger partial charge in [-0.25, -0.2) is 9.50 Å². The second kappa shape index (κ2) is 5.18. The number of fused-ring (bicyclic) bond motifs is 1. The van der Waals surface area contributed by atoms with E-state index < -0.39 is 0 Å². The van der Waals surface area contributed by atoms with Gasteiger partial charge in [-0.3, -0.25) is 0 Å². The summed E-state index contributed by atoms with van der Waals surface area (Å²) in [7, 11) is 1.55. The predicted molar refractivity (Wildman–Crippen MR) is 72.0 cm³/mol. The van der Waals surface area contributed by atoms with Gasteiger partial charge in [-0.15, -0.1) is 0 Å². The molecule has 0 amide bonds. The van der Waals surface area contributed by atoms with Gasteiger partial charge in [-0.2, -0.15) is 5.10 Å². The summed E-state index contributed by atoms with van der Waals surface area (Å²) in [4.78, 5) is 4.20. The third-order valence-electron chi connectivity index (χ3n) is 2.91. The van der Waals surface area contributed by atoms with Crippen LogP contribution >= 0.6 is 0 Å². The van der Waals surface area contributed by atoms with Gasteiger partial charge in [0.1, 0.15) is 5.52 Å². The van der Waals surface area contributed by atoms with Crippen LogP contribution in [0.4, 0.5) is 0 Å². The van der Waals surface area contributed by atoms with E-state index in [1.165, 1.54) is 0 Å².